The molecule has 0 saturated heterocycles. The lowest BCUT2D eigenvalue weighted by Gasteiger charge is -2.15. The number of nitrogens with zero attached hydrogens (tertiary/aromatic N) is 3. The number of ether oxygens (including phenoxy) is 1. The van der Waals surface area contributed by atoms with E-state index in [-0.39, 0.29) is 23.6 Å². The normalized spacial score (nSPS) is 11.6. The van der Waals surface area contributed by atoms with Crippen molar-refractivity contribution in [1.29, 1.82) is 0 Å². The highest BCUT2D eigenvalue weighted by molar-refractivity contribution is 7.99. The van der Waals surface area contributed by atoms with Crippen molar-refractivity contribution in [3.63, 3.8) is 0 Å². The van der Waals surface area contributed by atoms with E-state index in [4.69, 9.17) is 4.74 Å². The molecule has 0 unspecified atom stereocenters. The van der Waals surface area contributed by atoms with Gasteiger partial charge in [0.2, 0.25) is 5.91 Å². The summed E-state index contributed by atoms with van der Waals surface area (Å²) in [6.45, 7) is 6.41. The van der Waals surface area contributed by atoms with Crippen LogP contribution >= 0.6 is 11.8 Å². The van der Waals surface area contributed by atoms with E-state index < -0.39 is 0 Å². The van der Waals surface area contributed by atoms with Gasteiger partial charge < -0.3 is 19.9 Å². The second kappa shape index (κ2) is 10.8. The van der Waals surface area contributed by atoms with Crippen LogP contribution in [0.25, 0.3) is 0 Å². The molecule has 8 nitrogen and oxygen atoms in total. The van der Waals surface area contributed by atoms with E-state index in [1.165, 1.54) is 11.8 Å². The van der Waals surface area contributed by atoms with E-state index in [0.717, 1.165) is 5.56 Å². The number of aromatic nitrogens is 3. The molecule has 0 aliphatic carbocycles. The summed E-state index contributed by atoms with van der Waals surface area (Å²) in [5, 5.41) is 14.9. The highest BCUT2D eigenvalue weighted by atomic mass is 32.2. The van der Waals surface area contributed by atoms with Crippen LogP contribution in [0.4, 0.5) is 5.69 Å². The Morgan fingerprint density at radius 2 is 1.94 bits per heavy atom. The van der Waals surface area contributed by atoms with Crippen molar-refractivity contribution in [3.05, 3.63) is 65.5 Å². The first-order valence-corrected chi connectivity index (χ1v) is 11.3. The number of carbonyl (C=O) groups is 2. The van der Waals surface area contributed by atoms with Crippen LogP contribution in [0.5, 0.6) is 5.75 Å². The molecule has 32 heavy (non-hydrogen) atoms. The molecule has 0 bridgehead atoms. The van der Waals surface area contributed by atoms with E-state index in [2.05, 4.69) is 20.8 Å². The maximum atomic E-state index is 12.6. The van der Waals surface area contributed by atoms with Crippen LogP contribution in [0.2, 0.25) is 0 Å². The van der Waals surface area contributed by atoms with Crippen LogP contribution in [-0.2, 0) is 11.3 Å². The molecular weight excluding hydrogens is 426 g/mol. The molecule has 0 aliphatic heterocycles. The van der Waals surface area contributed by atoms with Crippen molar-refractivity contribution in [3.8, 4) is 5.75 Å². The van der Waals surface area contributed by atoms with E-state index in [0.29, 0.717) is 34.5 Å². The van der Waals surface area contributed by atoms with Gasteiger partial charge in [-0.25, -0.2) is 0 Å². The molecule has 3 rings (SSSR count). The van der Waals surface area contributed by atoms with Gasteiger partial charge in [-0.2, -0.15) is 0 Å². The van der Waals surface area contributed by atoms with Crippen molar-refractivity contribution >= 4 is 29.3 Å². The Kier molecular flexibility index (Phi) is 7.88. The van der Waals surface area contributed by atoms with Gasteiger partial charge in [0.25, 0.3) is 5.91 Å². The Hall–Kier alpha value is -3.33. The van der Waals surface area contributed by atoms with Gasteiger partial charge in [-0.15, -0.1) is 10.2 Å². The Morgan fingerprint density at radius 3 is 2.66 bits per heavy atom. The van der Waals surface area contributed by atoms with E-state index in [9.17, 15) is 9.59 Å². The van der Waals surface area contributed by atoms with Crippen LogP contribution in [0, 0.1) is 6.92 Å². The number of benzene rings is 2. The van der Waals surface area contributed by atoms with Crippen molar-refractivity contribution in [2.24, 2.45) is 0 Å². The summed E-state index contributed by atoms with van der Waals surface area (Å²) in [4.78, 5) is 25.0. The smallest absolute Gasteiger partial charge is 0.251 e. The second-order valence-corrected chi connectivity index (χ2v) is 8.16. The number of thioether (sulfide) groups is 1. The molecule has 0 radical (unpaired) electrons. The number of hydrogen-bond acceptors (Lipinski definition) is 6. The Balaban J connectivity index is 1.62. The molecule has 0 saturated carbocycles. The monoisotopic (exact) mass is 453 g/mol. The third-order valence-electron chi connectivity index (χ3n) is 4.76. The third kappa shape index (κ3) is 5.88. The summed E-state index contributed by atoms with van der Waals surface area (Å²) in [7, 11) is 1.58. The lowest BCUT2D eigenvalue weighted by Crippen LogP contribution is -2.28. The van der Waals surface area contributed by atoms with Crippen LogP contribution in [0.3, 0.4) is 0 Å². The molecule has 2 amide bonds. The predicted octanol–water partition coefficient (Wildman–Crippen LogP) is 3.84. The number of methoxy groups -OCH3 is 1. The van der Waals surface area contributed by atoms with Gasteiger partial charge in [-0.05, 0) is 45.0 Å². The van der Waals surface area contributed by atoms with Gasteiger partial charge >= 0.3 is 0 Å². The zero-order valence-electron chi connectivity index (χ0n) is 18.6. The van der Waals surface area contributed by atoms with Crippen LogP contribution in [0.1, 0.15) is 41.6 Å². The van der Waals surface area contributed by atoms with Crippen LogP contribution in [0.15, 0.2) is 53.7 Å². The SMILES string of the molecule is CCn1c(SCC(=O)Nc2cccc(OC)c2)nnc1[C@H](C)NC(=O)c1cccc(C)c1. The van der Waals surface area contributed by atoms with Crippen molar-refractivity contribution in [1.82, 2.24) is 20.1 Å². The molecule has 0 aliphatic rings. The van der Waals surface area contributed by atoms with E-state index >= 15 is 0 Å². The summed E-state index contributed by atoms with van der Waals surface area (Å²) >= 11 is 1.30. The number of nitrogens with one attached hydrogen (secondary N) is 2. The number of carbonyl (C=O) groups excluding carboxylic acids is 2. The van der Waals surface area contributed by atoms with Crippen LogP contribution < -0.4 is 15.4 Å². The Morgan fingerprint density at radius 1 is 1.16 bits per heavy atom. The minimum Gasteiger partial charge on any atom is -0.497 e. The molecule has 1 aromatic heterocycles. The topological polar surface area (TPSA) is 98.1 Å². The zero-order valence-corrected chi connectivity index (χ0v) is 19.4. The fraction of sp³-hybridized carbons (Fsp3) is 0.304. The fourth-order valence-corrected chi connectivity index (χ4v) is 3.99. The molecule has 0 spiro atoms. The molecule has 9 heteroatoms. The summed E-state index contributed by atoms with van der Waals surface area (Å²) in [5.41, 5.74) is 2.29. The van der Waals surface area contributed by atoms with Gasteiger partial charge in [0.15, 0.2) is 11.0 Å². The quantitative estimate of drug-likeness (QED) is 0.478. The zero-order chi connectivity index (χ0) is 23.1. The molecule has 2 aromatic carbocycles. The van der Waals surface area contributed by atoms with Gasteiger partial charge in [0.05, 0.1) is 18.9 Å². The number of rotatable bonds is 9. The molecule has 1 heterocycles. The summed E-state index contributed by atoms with van der Waals surface area (Å²) in [6, 6.07) is 14.3. The Bertz CT molecular complexity index is 1100. The maximum absolute atomic E-state index is 12.6. The first-order valence-electron chi connectivity index (χ1n) is 10.3. The fourth-order valence-electron chi connectivity index (χ4n) is 3.18. The van der Waals surface area contributed by atoms with Gasteiger partial charge in [0.1, 0.15) is 5.75 Å². The van der Waals surface area contributed by atoms with E-state index in [1.807, 2.05) is 55.7 Å². The molecular formula is C23H27N5O3S. The molecule has 3 aromatic rings. The highest BCUT2D eigenvalue weighted by Gasteiger charge is 2.20. The first-order chi connectivity index (χ1) is 15.4. The van der Waals surface area contributed by atoms with Crippen molar-refractivity contribution < 1.29 is 14.3 Å². The van der Waals surface area contributed by atoms with Gasteiger partial charge in [-0.3, -0.25) is 9.59 Å². The van der Waals surface area contributed by atoms with E-state index in [1.54, 1.807) is 25.3 Å². The lowest BCUT2D eigenvalue weighted by atomic mass is 10.1. The number of hydrogen-bond donors (Lipinski definition) is 2. The van der Waals surface area contributed by atoms with Gasteiger partial charge in [0, 0.05) is 23.9 Å². The minimum absolute atomic E-state index is 0.156. The Labute approximate surface area is 191 Å². The number of aryl methyl sites for hydroxylation is 1. The van der Waals surface area contributed by atoms with Crippen LogP contribution in [-0.4, -0.2) is 39.4 Å². The average Bonchev–Trinajstić information content (AvgIpc) is 3.21. The standard InChI is InChI=1S/C23H27N5O3S/c1-5-28-21(16(3)24-22(30)17-9-6-8-15(2)12-17)26-27-23(28)32-14-20(29)25-18-10-7-11-19(13-18)31-4/h6-13,16H,5,14H2,1-4H3,(H,24,30)(H,25,29)/t16-/m0/s1. The predicted molar refractivity (Wildman–Crippen MR) is 125 cm³/mol. The molecule has 2 N–H and O–H groups in total. The molecule has 168 valence electrons. The summed E-state index contributed by atoms with van der Waals surface area (Å²) < 4.78 is 7.08. The summed E-state index contributed by atoms with van der Waals surface area (Å²) in [6.07, 6.45) is 0. The minimum atomic E-state index is -0.338. The largest absolute Gasteiger partial charge is 0.497 e. The summed E-state index contributed by atoms with van der Waals surface area (Å²) in [5.74, 6) is 1.17. The third-order valence-corrected chi connectivity index (χ3v) is 5.73. The van der Waals surface area contributed by atoms with Gasteiger partial charge in [-0.1, -0.05) is 35.5 Å². The maximum Gasteiger partial charge on any atom is 0.251 e. The number of anilines is 1. The number of amides is 2. The average molecular weight is 454 g/mol. The second-order valence-electron chi connectivity index (χ2n) is 7.22. The lowest BCUT2D eigenvalue weighted by molar-refractivity contribution is -0.113. The van der Waals surface area contributed by atoms with Crippen molar-refractivity contribution in [2.75, 3.05) is 18.2 Å². The molecule has 0 fully saturated rings. The molecule has 1 atom stereocenters. The first kappa shape index (κ1) is 23.3. The highest BCUT2D eigenvalue weighted by Crippen LogP contribution is 2.22. The van der Waals surface area contributed by atoms with Crippen molar-refractivity contribution in [2.45, 2.75) is 38.5 Å².